The Bertz CT molecular complexity index is 561. The Kier molecular flexibility index (Phi) is 4.49. The second kappa shape index (κ2) is 5.85. The summed E-state index contributed by atoms with van der Waals surface area (Å²) >= 11 is 5.55. The maximum absolute atomic E-state index is 10.9. The van der Waals surface area contributed by atoms with Crippen LogP contribution in [0.1, 0.15) is 45.2 Å². The third kappa shape index (κ3) is 3.16. The van der Waals surface area contributed by atoms with Gasteiger partial charge in [-0.1, -0.05) is 55.9 Å². The van der Waals surface area contributed by atoms with Gasteiger partial charge in [-0.15, -0.1) is 0 Å². The molecule has 1 N–H and O–H groups in total. The molecule has 0 amide bonds. The number of thiocarbonyl (C=S) groups is 1. The van der Waals surface area contributed by atoms with Crippen LogP contribution in [0.2, 0.25) is 0 Å². The van der Waals surface area contributed by atoms with Gasteiger partial charge in [0.15, 0.2) is 5.72 Å². The molecule has 1 aliphatic heterocycles. The topological polar surface area (TPSA) is 35.8 Å². The van der Waals surface area contributed by atoms with Crippen molar-refractivity contribution in [1.29, 1.82) is 0 Å². The van der Waals surface area contributed by atoms with Crippen LogP contribution in [-0.4, -0.2) is 26.5 Å². The van der Waals surface area contributed by atoms with Crippen LogP contribution in [0.15, 0.2) is 29.4 Å². The van der Waals surface area contributed by atoms with Crippen molar-refractivity contribution in [3.05, 3.63) is 35.4 Å². The Labute approximate surface area is 132 Å². The fraction of sp³-hybridized carbons (Fsp3) is 0.529. The minimum Gasteiger partial charge on any atom is -0.369 e. The number of aliphatic hydroxyl groups is 1. The molecule has 1 aromatic rings. The summed E-state index contributed by atoms with van der Waals surface area (Å²) in [6, 6.07) is 8.01. The zero-order valence-corrected chi connectivity index (χ0v) is 14.2. The second-order valence-corrected chi connectivity index (χ2v) is 6.89. The van der Waals surface area contributed by atoms with E-state index in [1.54, 1.807) is 11.9 Å². The first kappa shape index (κ1) is 16.1. The zero-order valence-electron chi connectivity index (χ0n) is 13.4. The maximum Gasteiger partial charge on any atom is 0.164 e. The van der Waals surface area contributed by atoms with Crippen molar-refractivity contribution in [2.45, 2.75) is 46.8 Å². The second-order valence-electron chi connectivity index (χ2n) is 6.50. The Balaban J connectivity index is 2.28. The first-order valence-electron chi connectivity index (χ1n) is 7.42. The van der Waals surface area contributed by atoms with Crippen LogP contribution in [-0.2, 0) is 0 Å². The van der Waals surface area contributed by atoms with E-state index >= 15 is 0 Å². The SMILES string of the molecule is CC1=NN(C(=S)c2ccc(C)cc2)[C@@](C)(O)[C@@H]1CC(C)C. The smallest absolute Gasteiger partial charge is 0.164 e. The summed E-state index contributed by atoms with van der Waals surface area (Å²) in [5.41, 5.74) is 1.99. The predicted molar refractivity (Wildman–Crippen MR) is 91.4 cm³/mol. The molecular weight excluding hydrogens is 280 g/mol. The van der Waals surface area contributed by atoms with Crippen LogP contribution >= 0.6 is 12.2 Å². The average molecular weight is 304 g/mol. The number of rotatable bonds is 3. The molecular formula is C17H24N2OS. The van der Waals surface area contributed by atoms with Crippen LogP contribution < -0.4 is 0 Å². The normalized spacial score (nSPS) is 25.4. The molecule has 4 heteroatoms. The van der Waals surface area contributed by atoms with Crippen molar-refractivity contribution in [2.24, 2.45) is 16.9 Å². The van der Waals surface area contributed by atoms with Crippen molar-refractivity contribution < 1.29 is 5.11 Å². The molecule has 2 rings (SSSR count). The minimum absolute atomic E-state index is 0.0147. The van der Waals surface area contributed by atoms with E-state index in [0.717, 1.165) is 17.7 Å². The molecule has 0 aliphatic carbocycles. The van der Waals surface area contributed by atoms with Gasteiger partial charge in [0.25, 0.3) is 0 Å². The fourth-order valence-corrected chi connectivity index (χ4v) is 3.17. The Morgan fingerprint density at radius 3 is 2.43 bits per heavy atom. The van der Waals surface area contributed by atoms with E-state index in [1.807, 2.05) is 38.1 Å². The van der Waals surface area contributed by atoms with Gasteiger partial charge in [-0.05, 0) is 33.1 Å². The Morgan fingerprint density at radius 2 is 1.90 bits per heavy atom. The highest BCUT2D eigenvalue weighted by Crippen LogP contribution is 2.36. The molecule has 0 aromatic heterocycles. The molecule has 3 nitrogen and oxygen atoms in total. The van der Waals surface area contributed by atoms with Gasteiger partial charge < -0.3 is 5.11 Å². The Morgan fingerprint density at radius 1 is 1.33 bits per heavy atom. The molecule has 0 spiro atoms. The van der Waals surface area contributed by atoms with E-state index in [1.165, 1.54) is 5.56 Å². The standard InChI is InChI=1S/C17H24N2OS/c1-11(2)10-15-13(4)18-19(17(15,5)20)16(21)14-8-6-12(3)7-9-14/h6-9,11,15,20H,10H2,1-5H3/t15-,17+/m1/s1. The summed E-state index contributed by atoms with van der Waals surface area (Å²) in [7, 11) is 0. The number of hydrogen-bond donors (Lipinski definition) is 1. The number of benzene rings is 1. The molecule has 1 heterocycles. The molecule has 114 valence electrons. The summed E-state index contributed by atoms with van der Waals surface area (Å²) in [5, 5.41) is 17.1. The monoisotopic (exact) mass is 304 g/mol. The van der Waals surface area contributed by atoms with Crippen LogP contribution in [0.5, 0.6) is 0 Å². The Hall–Kier alpha value is -1.26. The average Bonchev–Trinajstić information content (AvgIpc) is 2.62. The van der Waals surface area contributed by atoms with Gasteiger partial charge in [0.2, 0.25) is 0 Å². The van der Waals surface area contributed by atoms with E-state index in [4.69, 9.17) is 12.2 Å². The molecule has 0 saturated carbocycles. The van der Waals surface area contributed by atoms with Crippen molar-refractivity contribution in [1.82, 2.24) is 5.01 Å². The highest BCUT2D eigenvalue weighted by Gasteiger charge is 2.46. The van der Waals surface area contributed by atoms with Crippen molar-refractivity contribution in [2.75, 3.05) is 0 Å². The van der Waals surface area contributed by atoms with Crippen LogP contribution in [0.3, 0.4) is 0 Å². The van der Waals surface area contributed by atoms with Crippen molar-refractivity contribution in [3.63, 3.8) is 0 Å². The lowest BCUT2D eigenvalue weighted by Gasteiger charge is -2.34. The van der Waals surface area contributed by atoms with Crippen molar-refractivity contribution in [3.8, 4) is 0 Å². The third-order valence-corrected chi connectivity index (χ3v) is 4.46. The van der Waals surface area contributed by atoms with Crippen LogP contribution in [0, 0.1) is 18.8 Å². The van der Waals surface area contributed by atoms with Crippen LogP contribution in [0.4, 0.5) is 0 Å². The lowest BCUT2D eigenvalue weighted by molar-refractivity contribution is -0.0681. The fourth-order valence-electron chi connectivity index (χ4n) is 2.81. The minimum atomic E-state index is -1.06. The van der Waals surface area contributed by atoms with Gasteiger partial charge >= 0.3 is 0 Å². The molecule has 0 radical (unpaired) electrons. The number of nitrogens with zero attached hydrogens (tertiary/aromatic N) is 2. The van der Waals surface area contributed by atoms with E-state index in [9.17, 15) is 5.11 Å². The zero-order chi connectivity index (χ0) is 15.8. The molecule has 0 bridgehead atoms. The van der Waals surface area contributed by atoms with Gasteiger partial charge in [0, 0.05) is 17.2 Å². The molecule has 21 heavy (non-hydrogen) atoms. The highest BCUT2D eigenvalue weighted by atomic mass is 32.1. The first-order valence-corrected chi connectivity index (χ1v) is 7.83. The van der Waals surface area contributed by atoms with Gasteiger partial charge in [-0.25, -0.2) is 5.01 Å². The van der Waals surface area contributed by atoms with Gasteiger partial charge in [-0.3, -0.25) is 0 Å². The summed E-state index contributed by atoms with van der Waals surface area (Å²) < 4.78 is 0. The van der Waals surface area contributed by atoms with E-state index in [-0.39, 0.29) is 5.92 Å². The van der Waals surface area contributed by atoms with Gasteiger partial charge in [0.05, 0.1) is 0 Å². The third-order valence-electron chi connectivity index (χ3n) is 4.05. The van der Waals surface area contributed by atoms with E-state index < -0.39 is 5.72 Å². The summed E-state index contributed by atoms with van der Waals surface area (Å²) in [5.74, 6) is 0.514. The summed E-state index contributed by atoms with van der Waals surface area (Å²) in [6.07, 6.45) is 0.898. The molecule has 0 saturated heterocycles. The van der Waals surface area contributed by atoms with Crippen LogP contribution in [0.25, 0.3) is 0 Å². The lowest BCUT2D eigenvalue weighted by atomic mass is 9.86. The highest BCUT2D eigenvalue weighted by molar-refractivity contribution is 7.80. The molecule has 2 atom stereocenters. The molecule has 0 fully saturated rings. The van der Waals surface area contributed by atoms with E-state index in [0.29, 0.717) is 10.9 Å². The van der Waals surface area contributed by atoms with Gasteiger partial charge in [0.1, 0.15) is 4.99 Å². The quantitative estimate of drug-likeness (QED) is 0.864. The predicted octanol–water partition coefficient (Wildman–Crippen LogP) is 3.73. The summed E-state index contributed by atoms with van der Waals surface area (Å²) in [4.78, 5) is 0.575. The summed E-state index contributed by atoms with van der Waals surface area (Å²) in [6.45, 7) is 10.1. The van der Waals surface area contributed by atoms with E-state index in [2.05, 4.69) is 18.9 Å². The number of aryl methyl sites for hydroxylation is 1. The van der Waals surface area contributed by atoms with Crippen molar-refractivity contribution >= 4 is 22.9 Å². The largest absolute Gasteiger partial charge is 0.369 e. The number of hydrogen-bond acceptors (Lipinski definition) is 3. The maximum atomic E-state index is 10.9. The molecule has 0 unspecified atom stereocenters. The lowest BCUT2D eigenvalue weighted by Crippen LogP contribution is -2.48. The van der Waals surface area contributed by atoms with Gasteiger partial charge in [-0.2, -0.15) is 5.10 Å². The number of hydrazone groups is 1. The first-order chi connectivity index (χ1) is 9.73. The molecule has 1 aliphatic rings. The molecule has 1 aromatic carbocycles.